The Labute approximate surface area is 162 Å². The minimum absolute atomic E-state index is 0.00140. The van der Waals surface area contributed by atoms with Crippen molar-refractivity contribution in [2.45, 2.75) is 33.4 Å². The number of carbonyl (C=O) groups excluding carboxylic acids is 1. The maximum absolute atomic E-state index is 13.5. The average molecular weight is 387 g/mol. The fourth-order valence-corrected chi connectivity index (χ4v) is 3.19. The number of fused-ring (bicyclic) bond motifs is 1. The van der Waals surface area contributed by atoms with Crippen LogP contribution in [0.25, 0.3) is 11.0 Å². The van der Waals surface area contributed by atoms with E-state index < -0.39 is 6.55 Å². The summed E-state index contributed by atoms with van der Waals surface area (Å²) in [5, 5.41) is 0. The van der Waals surface area contributed by atoms with E-state index in [0.717, 1.165) is 15.7 Å². The highest BCUT2D eigenvalue weighted by Gasteiger charge is 2.20. The molecule has 28 heavy (non-hydrogen) atoms. The second-order valence-electron chi connectivity index (χ2n) is 6.84. The van der Waals surface area contributed by atoms with Gasteiger partial charge in [-0.2, -0.15) is 8.78 Å². The Bertz CT molecular complexity index is 965. The molecule has 0 N–H and O–H groups in total. The first-order valence-electron chi connectivity index (χ1n) is 9.04. The number of aryl methyl sites for hydroxylation is 2. The minimum atomic E-state index is -2.72. The molecule has 0 saturated heterocycles. The van der Waals surface area contributed by atoms with E-state index in [1.54, 1.807) is 31.3 Å². The molecule has 3 aromatic rings. The molecule has 0 aliphatic heterocycles. The zero-order valence-corrected chi connectivity index (χ0v) is 16.2. The molecule has 0 aliphatic rings. The summed E-state index contributed by atoms with van der Waals surface area (Å²) in [5.74, 6) is 0.673. The Hall–Kier alpha value is -2.96. The molecule has 2 aromatic carbocycles. The van der Waals surface area contributed by atoms with Gasteiger partial charge in [0, 0.05) is 7.05 Å². The highest BCUT2D eigenvalue weighted by Crippen LogP contribution is 2.24. The predicted molar refractivity (Wildman–Crippen MR) is 103 cm³/mol. The summed E-state index contributed by atoms with van der Waals surface area (Å²) in [7, 11) is 1.58. The predicted octanol–water partition coefficient (Wildman–Crippen LogP) is 4.48. The Kier molecular flexibility index (Phi) is 5.92. The molecule has 0 fully saturated rings. The van der Waals surface area contributed by atoms with E-state index in [4.69, 9.17) is 4.74 Å². The first-order valence-corrected chi connectivity index (χ1v) is 9.04. The first-order chi connectivity index (χ1) is 13.3. The maximum atomic E-state index is 13.5. The fraction of sp³-hybridized carbons (Fsp3) is 0.333. The molecule has 0 unspecified atom stereocenters. The smallest absolute Gasteiger partial charge is 0.320 e. The number of imidazole rings is 1. The highest BCUT2D eigenvalue weighted by atomic mass is 19.3. The van der Waals surface area contributed by atoms with Crippen LogP contribution in [0.3, 0.4) is 0 Å². The largest absolute Gasteiger partial charge is 0.493 e. The van der Waals surface area contributed by atoms with Crippen molar-refractivity contribution in [2.75, 3.05) is 13.7 Å². The van der Waals surface area contributed by atoms with Gasteiger partial charge >= 0.3 is 6.55 Å². The van der Waals surface area contributed by atoms with Crippen LogP contribution in [0, 0.1) is 13.8 Å². The van der Waals surface area contributed by atoms with Crippen molar-refractivity contribution in [3.63, 3.8) is 0 Å². The van der Waals surface area contributed by atoms with Crippen molar-refractivity contribution in [1.29, 1.82) is 0 Å². The van der Waals surface area contributed by atoms with E-state index >= 15 is 0 Å². The Morgan fingerprint density at radius 2 is 1.86 bits per heavy atom. The van der Waals surface area contributed by atoms with Gasteiger partial charge in [-0.1, -0.05) is 18.2 Å². The van der Waals surface area contributed by atoms with Crippen molar-refractivity contribution in [1.82, 2.24) is 14.5 Å². The molecule has 0 bridgehead atoms. The fourth-order valence-electron chi connectivity index (χ4n) is 3.19. The Morgan fingerprint density at radius 3 is 2.54 bits per heavy atom. The second kappa shape index (κ2) is 8.37. The molecule has 7 heteroatoms. The molecule has 148 valence electrons. The molecular formula is C21H23F2N3O2. The number of nitrogens with zero attached hydrogens (tertiary/aromatic N) is 3. The zero-order chi connectivity index (χ0) is 20.3. The van der Waals surface area contributed by atoms with Crippen LogP contribution in [0.15, 0.2) is 42.5 Å². The van der Waals surface area contributed by atoms with Crippen LogP contribution in [0.5, 0.6) is 5.75 Å². The van der Waals surface area contributed by atoms with Gasteiger partial charge < -0.3 is 9.64 Å². The Morgan fingerprint density at radius 1 is 1.18 bits per heavy atom. The van der Waals surface area contributed by atoms with Gasteiger partial charge in [0.2, 0.25) is 5.91 Å². The normalized spacial score (nSPS) is 11.2. The van der Waals surface area contributed by atoms with Crippen molar-refractivity contribution in [3.05, 3.63) is 59.4 Å². The van der Waals surface area contributed by atoms with Gasteiger partial charge in [-0.05, 0) is 49.2 Å². The standard InChI is InChI=1S/C21H23F2N3O2/c1-14-10-15(2)12-16(11-14)28-9-8-20(27)25(3)13-19-24-17-6-4-5-7-18(17)26(19)21(22)23/h4-7,10-12,21H,8-9,13H2,1-3H3. The number of hydrogen-bond acceptors (Lipinski definition) is 3. The third-order valence-corrected chi connectivity index (χ3v) is 4.45. The van der Waals surface area contributed by atoms with Gasteiger partial charge in [-0.3, -0.25) is 9.36 Å². The van der Waals surface area contributed by atoms with Crippen LogP contribution < -0.4 is 4.74 Å². The maximum Gasteiger partial charge on any atom is 0.320 e. The van der Waals surface area contributed by atoms with Gasteiger partial charge in [0.15, 0.2) is 0 Å². The van der Waals surface area contributed by atoms with Crippen molar-refractivity contribution >= 4 is 16.9 Å². The summed E-state index contributed by atoms with van der Waals surface area (Å²) in [6.45, 7) is 1.46. The quantitative estimate of drug-likeness (QED) is 0.601. The summed E-state index contributed by atoms with van der Waals surface area (Å²) in [6.07, 6.45) is 0.151. The lowest BCUT2D eigenvalue weighted by molar-refractivity contribution is -0.131. The van der Waals surface area contributed by atoms with E-state index in [-0.39, 0.29) is 31.3 Å². The number of ether oxygens (including phenoxy) is 1. The molecule has 3 rings (SSSR count). The van der Waals surface area contributed by atoms with Gasteiger partial charge in [0.05, 0.1) is 30.6 Å². The number of carbonyl (C=O) groups is 1. The topological polar surface area (TPSA) is 47.4 Å². The van der Waals surface area contributed by atoms with Crippen LogP contribution in [0.2, 0.25) is 0 Å². The van der Waals surface area contributed by atoms with Crippen molar-refractivity contribution in [3.8, 4) is 5.75 Å². The summed E-state index contributed by atoms with van der Waals surface area (Å²) in [5.41, 5.74) is 3.01. The molecule has 0 aliphatic carbocycles. The molecule has 0 spiro atoms. The summed E-state index contributed by atoms with van der Waals surface area (Å²) >= 11 is 0. The van der Waals surface area contributed by atoms with Crippen LogP contribution in [-0.2, 0) is 11.3 Å². The van der Waals surface area contributed by atoms with E-state index in [1.165, 1.54) is 4.90 Å². The molecular weight excluding hydrogens is 364 g/mol. The van der Waals surface area contributed by atoms with Gasteiger partial charge in [0.25, 0.3) is 0 Å². The highest BCUT2D eigenvalue weighted by molar-refractivity contribution is 5.77. The number of hydrogen-bond donors (Lipinski definition) is 0. The van der Waals surface area contributed by atoms with Crippen LogP contribution in [0.1, 0.15) is 29.9 Å². The second-order valence-corrected chi connectivity index (χ2v) is 6.84. The van der Waals surface area contributed by atoms with Gasteiger partial charge in [0.1, 0.15) is 11.6 Å². The molecule has 5 nitrogen and oxygen atoms in total. The third kappa shape index (κ3) is 4.47. The SMILES string of the molecule is Cc1cc(C)cc(OCCC(=O)N(C)Cc2nc3ccccc3n2C(F)F)c1. The minimum Gasteiger partial charge on any atom is -0.493 e. The number of alkyl halides is 2. The van der Waals surface area contributed by atoms with Gasteiger partial charge in [-0.25, -0.2) is 4.98 Å². The van der Waals surface area contributed by atoms with Crippen LogP contribution in [0.4, 0.5) is 8.78 Å². The molecule has 0 atom stereocenters. The number of amides is 1. The molecule has 0 radical (unpaired) electrons. The summed E-state index contributed by atoms with van der Waals surface area (Å²) in [6, 6.07) is 12.6. The number of halogens is 2. The number of benzene rings is 2. The number of rotatable bonds is 7. The van der Waals surface area contributed by atoms with Gasteiger partial charge in [-0.15, -0.1) is 0 Å². The van der Waals surface area contributed by atoms with E-state index in [0.29, 0.717) is 16.8 Å². The molecule has 0 saturated carbocycles. The Balaban J connectivity index is 1.63. The van der Waals surface area contributed by atoms with Crippen LogP contribution >= 0.6 is 0 Å². The van der Waals surface area contributed by atoms with E-state index in [1.807, 2.05) is 32.0 Å². The monoisotopic (exact) mass is 387 g/mol. The zero-order valence-electron chi connectivity index (χ0n) is 16.2. The third-order valence-electron chi connectivity index (χ3n) is 4.45. The van der Waals surface area contributed by atoms with Crippen molar-refractivity contribution in [2.24, 2.45) is 0 Å². The lowest BCUT2D eigenvalue weighted by Crippen LogP contribution is -2.29. The number of aromatic nitrogens is 2. The lowest BCUT2D eigenvalue weighted by Gasteiger charge is -2.18. The summed E-state index contributed by atoms with van der Waals surface area (Å²) < 4.78 is 33.5. The average Bonchev–Trinajstić information content (AvgIpc) is 2.98. The number of para-hydroxylation sites is 2. The van der Waals surface area contributed by atoms with E-state index in [9.17, 15) is 13.6 Å². The van der Waals surface area contributed by atoms with E-state index in [2.05, 4.69) is 4.98 Å². The van der Waals surface area contributed by atoms with Crippen molar-refractivity contribution < 1.29 is 18.3 Å². The first kappa shape index (κ1) is 19.8. The van der Waals surface area contributed by atoms with Crippen LogP contribution in [-0.4, -0.2) is 34.0 Å². The summed E-state index contributed by atoms with van der Waals surface area (Å²) in [4.78, 5) is 18.0. The molecule has 1 aromatic heterocycles. The molecule has 1 heterocycles. The molecule has 1 amide bonds. The lowest BCUT2D eigenvalue weighted by atomic mass is 10.1.